The third-order valence-electron chi connectivity index (χ3n) is 2.46. The largest absolute Gasteiger partial charge is 0.298 e. The van der Waals surface area contributed by atoms with Crippen LogP contribution in [0, 0.1) is 0 Å². The number of aromatic nitrogens is 1. The Bertz CT molecular complexity index is 684. The minimum absolute atomic E-state index is 0.0492. The molecule has 98 valence electrons. The normalized spacial score (nSPS) is 12.9. The SMILES string of the molecule is CC(C)(C)c1cccc2sc(NS(N)(=O)=O)nc12. The number of para-hydroxylation sites is 1. The van der Waals surface area contributed by atoms with Gasteiger partial charge in [0.2, 0.25) is 0 Å². The Balaban J connectivity index is 2.58. The summed E-state index contributed by atoms with van der Waals surface area (Å²) in [5.74, 6) is 0. The summed E-state index contributed by atoms with van der Waals surface area (Å²) < 4.78 is 25.1. The van der Waals surface area contributed by atoms with Gasteiger partial charge in [-0.15, -0.1) is 0 Å². The van der Waals surface area contributed by atoms with E-state index in [0.717, 1.165) is 15.8 Å². The third kappa shape index (κ3) is 2.80. The van der Waals surface area contributed by atoms with Crippen molar-refractivity contribution in [3.05, 3.63) is 23.8 Å². The lowest BCUT2D eigenvalue weighted by Crippen LogP contribution is -2.21. The lowest BCUT2D eigenvalue weighted by molar-refractivity contribution is 0.595. The number of nitrogens with two attached hydrogens (primary N) is 1. The molecule has 0 bridgehead atoms. The predicted molar refractivity (Wildman–Crippen MR) is 75.0 cm³/mol. The van der Waals surface area contributed by atoms with Gasteiger partial charge in [0.05, 0.1) is 10.2 Å². The smallest absolute Gasteiger partial charge is 0.246 e. The Labute approximate surface area is 110 Å². The summed E-state index contributed by atoms with van der Waals surface area (Å²) >= 11 is 1.27. The second kappa shape index (κ2) is 4.18. The number of hydrogen-bond acceptors (Lipinski definition) is 4. The first kappa shape index (κ1) is 13.3. The van der Waals surface area contributed by atoms with Gasteiger partial charge in [-0.1, -0.05) is 44.2 Å². The molecule has 0 spiro atoms. The van der Waals surface area contributed by atoms with Crippen molar-refractivity contribution in [3.63, 3.8) is 0 Å². The molecule has 2 aromatic rings. The molecule has 0 atom stereocenters. The van der Waals surface area contributed by atoms with Crippen LogP contribution in [0.3, 0.4) is 0 Å². The van der Waals surface area contributed by atoms with Crippen LogP contribution in [0.2, 0.25) is 0 Å². The van der Waals surface area contributed by atoms with Crippen LogP contribution < -0.4 is 9.86 Å². The number of anilines is 1. The summed E-state index contributed by atoms with van der Waals surface area (Å²) in [4.78, 5) is 4.31. The highest BCUT2D eigenvalue weighted by Crippen LogP contribution is 2.34. The second-order valence-corrected chi connectivity index (χ2v) is 7.39. The van der Waals surface area contributed by atoms with E-state index in [4.69, 9.17) is 5.14 Å². The molecule has 18 heavy (non-hydrogen) atoms. The van der Waals surface area contributed by atoms with Crippen LogP contribution in [0.25, 0.3) is 10.2 Å². The quantitative estimate of drug-likeness (QED) is 0.887. The molecule has 0 aliphatic carbocycles. The zero-order chi connectivity index (χ0) is 13.6. The van der Waals surface area contributed by atoms with Crippen LogP contribution in [-0.4, -0.2) is 13.4 Å². The van der Waals surface area contributed by atoms with E-state index in [2.05, 4.69) is 30.5 Å². The maximum atomic E-state index is 11.0. The molecular weight excluding hydrogens is 270 g/mol. The fourth-order valence-corrected chi connectivity index (χ4v) is 3.27. The molecule has 2 rings (SSSR count). The Morgan fingerprint density at radius 2 is 2.00 bits per heavy atom. The number of benzene rings is 1. The molecule has 0 aliphatic rings. The monoisotopic (exact) mass is 285 g/mol. The lowest BCUT2D eigenvalue weighted by Gasteiger charge is -2.19. The third-order valence-corrected chi connectivity index (χ3v) is 4.00. The van der Waals surface area contributed by atoms with Crippen molar-refractivity contribution in [1.82, 2.24) is 4.98 Å². The number of nitrogens with one attached hydrogen (secondary N) is 1. The molecule has 3 N–H and O–H groups in total. The number of rotatable bonds is 2. The van der Waals surface area contributed by atoms with Gasteiger partial charge in [0.15, 0.2) is 5.13 Å². The molecule has 5 nitrogen and oxygen atoms in total. The average molecular weight is 285 g/mol. The van der Waals surface area contributed by atoms with Gasteiger partial charge in [-0.05, 0) is 17.0 Å². The minimum atomic E-state index is -3.78. The first-order valence-electron chi connectivity index (χ1n) is 5.37. The van der Waals surface area contributed by atoms with Crippen molar-refractivity contribution in [3.8, 4) is 0 Å². The highest BCUT2D eigenvalue weighted by molar-refractivity contribution is 7.90. The molecule has 7 heteroatoms. The first-order valence-corrected chi connectivity index (χ1v) is 7.74. The van der Waals surface area contributed by atoms with Crippen LogP contribution >= 0.6 is 11.3 Å². The second-order valence-electron chi connectivity index (χ2n) is 5.07. The maximum Gasteiger partial charge on any atom is 0.298 e. The van der Waals surface area contributed by atoms with Crippen molar-refractivity contribution >= 4 is 36.9 Å². The van der Waals surface area contributed by atoms with E-state index in [0.29, 0.717) is 5.13 Å². The van der Waals surface area contributed by atoms with Gasteiger partial charge in [-0.25, -0.2) is 14.8 Å². The van der Waals surface area contributed by atoms with E-state index in [1.807, 2.05) is 18.2 Å². The zero-order valence-electron chi connectivity index (χ0n) is 10.4. The molecule has 0 saturated carbocycles. The number of thiazole rings is 1. The van der Waals surface area contributed by atoms with Crippen LogP contribution in [0.1, 0.15) is 26.3 Å². The molecule has 1 aromatic carbocycles. The Morgan fingerprint density at radius 1 is 1.33 bits per heavy atom. The molecule has 0 unspecified atom stereocenters. The Morgan fingerprint density at radius 3 is 2.56 bits per heavy atom. The summed E-state index contributed by atoms with van der Waals surface area (Å²) in [7, 11) is -3.78. The van der Waals surface area contributed by atoms with Gasteiger partial charge < -0.3 is 0 Å². The summed E-state index contributed by atoms with van der Waals surface area (Å²) in [6.07, 6.45) is 0. The van der Waals surface area contributed by atoms with Gasteiger partial charge in [-0.2, -0.15) is 8.42 Å². The van der Waals surface area contributed by atoms with Crippen molar-refractivity contribution in [2.24, 2.45) is 5.14 Å². The van der Waals surface area contributed by atoms with Gasteiger partial charge in [0.1, 0.15) is 0 Å². The average Bonchev–Trinajstić information content (AvgIpc) is 2.53. The van der Waals surface area contributed by atoms with E-state index in [1.165, 1.54) is 11.3 Å². The van der Waals surface area contributed by atoms with Gasteiger partial charge in [0.25, 0.3) is 10.2 Å². The van der Waals surface area contributed by atoms with Crippen molar-refractivity contribution in [1.29, 1.82) is 0 Å². The number of fused-ring (bicyclic) bond motifs is 1. The lowest BCUT2D eigenvalue weighted by atomic mass is 9.86. The van der Waals surface area contributed by atoms with Crippen molar-refractivity contribution < 1.29 is 8.42 Å². The summed E-state index contributed by atoms with van der Waals surface area (Å²) in [5.41, 5.74) is 1.85. The van der Waals surface area contributed by atoms with Gasteiger partial charge in [0, 0.05) is 0 Å². The minimum Gasteiger partial charge on any atom is -0.246 e. The van der Waals surface area contributed by atoms with Crippen molar-refractivity contribution in [2.75, 3.05) is 4.72 Å². The van der Waals surface area contributed by atoms with Crippen LogP contribution in [0.4, 0.5) is 5.13 Å². The molecule has 0 amide bonds. The predicted octanol–water partition coefficient (Wildman–Crippen LogP) is 2.21. The van der Waals surface area contributed by atoms with Crippen LogP contribution in [-0.2, 0) is 15.6 Å². The van der Waals surface area contributed by atoms with E-state index in [1.54, 1.807) is 0 Å². The van der Waals surface area contributed by atoms with E-state index in [9.17, 15) is 8.42 Å². The number of hydrogen-bond donors (Lipinski definition) is 2. The number of nitrogens with zero attached hydrogens (tertiary/aromatic N) is 1. The van der Waals surface area contributed by atoms with Gasteiger partial charge >= 0.3 is 0 Å². The van der Waals surface area contributed by atoms with Crippen molar-refractivity contribution in [2.45, 2.75) is 26.2 Å². The molecule has 0 saturated heterocycles. The van der Waals surface area contributed by atoms with Crippen LogP contribution in [0.15, 0.2) is 18.2 Å². The van der Waals surface area contributed by atoms with E-state index in [-0.39, 0.29) is 5.41 Å². The van der Waals surface area contributed by atoms with E-state index >= 15 is 0 Å². The highest BCUT2D eigenvalue weighted by Gasteiger charge is 2.19. The summed E-state index contributed by atoms with van der Waals surface area (Å²) in [6, 6.07) is 5.86. The standard InChI is InChI=1S/C11H15N3O2S2/c1-11(2,3)7-5-4-6-8-9(7)13-10(17-8)14-18(12,15)16/h4-6H,1-3H3,(H,13,14)(H2,12,15,16). The van der Waals surface area contributed by atoms with E-state index < -0.39 is 10.2 Å². The maximum absolute atomic E-state index is 11.0. The Kier molecular flexibility index (Phi) is 3.08. The summed E-state index contributed by atoms with van der Waals surface area (Å²) in [6.45, 7) is 6.27. The molecule has 1 heterocycles. The van der Waals surface area contributed by atoms with Crippen LogP contribution in [0.5, 0.6) is 0 Å². The highest BCUT2D eigenvalue weighted by atomic mass is 32.2. The zero-order valence-corrected chi connectivity index (χ0v) is 12.0. The van der Waals surface area contributed by atoms with Gasteiger partial charge in [-0.3, -0.25) is 0 Å². The molecule has 0 radical (unpaired) electrons. The topological polar surface area (TPSA) is 85.1 Å². The first-order chi connectivity index (χ1) is 8.17. The molecule has 0 fully saturated rings. The fraction of sp³-hybridized carbons (Fsp3) is 0.364. The molecule has 0 aliphatic heterocycles. The Hall–Kier alpha value is -1.18. The molecule has 1 aromatic heterocycles. The summed E-state index contributed by atoms with van der Waals surface area (Å²) in [5, 5.41) is 5.24. The fourth-order valence-electron chi connectivity index (χ4n) is 1.72. The molecular formula is C11H15N3O2S2.